The molecule has 0 bridgehead atoms. The SMILES string of the molecule is O=C(COC(=O)CC1Sc2ccccc2NC1=O)Nc1ccccc1F. The van der Waals surface area contributed by atoms with Crippen LogP contribution in [-0.2, 0) is 19.1 Å². The summed E-state index contributed by atoms with van der Waals surface area (Å²) >= 11 is 1.27. The zero-order valence-corrected chi connectivity index (χ0v) is 14.3. The van der Waals surface area contributed by atoms with Gasteiger partial charge in [-0.15, -0.1) is 11.8 Å². The molecule has 0 aromatic heterocycles. The Kier molecular flexibility index (Phi) is 5.52. The number of hydrogen-bond donors (Lipinski definition) is 2. The van der Waals surface area contributed by atoms with Gasteiger partial charge in [-0.05, 0) is 24.3 Å². The van der Waals surface area contributed by atoms with Crippen LogP contribution in [-0.4, -0.2) is 29.6 Å². The molecule has 134 valence electrons. The molecule has 2 amide bonds. The van der Waals surface area contributed by atoms with Gasteiger partial charge in [0.15, 0.2) is 6.61 Å². The van der Waals surface area contributed by atoms with E-state index in [1.165, 1.54) is 30.0 Å². The molecule has 0 saturated carbocycles. The highest BCUT2D eigenvalue weighted by atomic mass is 32.2. The van der Waals surface area contributed by atoms with E-state index in [1.807, 2.05) is 18.2 Å². The smallest absolute Gasteiger partial charge is 0.307 e. The Bertz CT molecular complexity index is 859. The minimum absolute atomic E-state index is 0.00682. The van der Waals surface area contributed by atoms with Crippen LogP contribution in [0.15, 0.2) is 53.4 Å². The van der Waals surface area contributed by atoms with Gasteiger partial charge in [0, 0.05) is 4.90 Å². The molecule has 0 radical (unpaired) electrons. The van der Waals surface area contributed by atoms with E-state index in [0.29, 0.717) is 5.69 Å². The summed E-state index contributed by atoms with van der Waals surface area (Å²) < 4.78 is 18.3. The standard InChI is InChI=1S/C18H15FN2O4S/c19-11-5-1-2-6-12(11)20-16(22)10-25-17(23)9-15-18(24)21-13-7-3-4-8-14(13)26-15/h1-8,15H,9-10H2,(H,20,22)(H,21,24). The molecule has 0 spiro atoms. The van der Waals surface area contributed by atoms with Gasteiger partial charge in [0.05, 0.1) is 23.0 Å². The van der Waals surface area contributed by atoms with Gasteiger partial charge in [-0.25, -0.2) is 4.39 Å². The van der Waals surface area contributed by atoms with Crippen LogP contribution in [0.25, 0.3) is 0 Å². The maximum Gasteiger partial charge on any atom is 0.307 e. The van der Waals surface area contributed by atoms with Gasteiger partial charge in [0.1, 0.15) is 5.82 Å². The molecular weight excluding hydrogens is 359 g/mol. The van der Waals surface area contributed by atoms with Crippen LogP contribution in [0.1, 0.15) is 6.42 Å². The number of thioether (sulfide) groups is 1. The molecule has 1 unspecified atom stereocenters. The Morgan fingerprint density at radius 3 is 2.69 bits per heavy atom. The number of benzene rings is 2. The number of rotatable bonds is 5. The van der Waals surface area contributed by atoms with Gasteiger partial charge in [0.25, 0.3) is 5.91 Å². The summed E-state index contributed by atoms with van der Waals surface area (Å²) in [7, 11) is 0. The van der Waals surface area contributed by atoms with Crippen molar-refractivity contribution in [1.82, 2.24) is 0 Å². The van der Waals surface area contributed by atoms with Gasteiger partial charge in [-0.3, -0.25) is 14.4 Å². The van der Waals surface area contributed by atoms with Gasteiger partial charge in [0.2, 0.25) is 5.91 Å². The van der Waals surface area contributed by atoms with E-state index < -0.39 is 29.6 Å². The topological polar surface area (TPSA) is 84.5 Å². The van der Waals surface area contributed by atoms with Crippen molar-refractivity contribution < 1.29 is 23.5 Å². The first kappa shape index (κ1) is 17.9. The van der Waals surface area contributed by atoms with Gasteiger partial charge >= 0.3 is 5.97 Å². The summed E-state index contributed by atoms with van der Waals surface area (Å²) in [6, 6.07) is 12.9. The summed E-state index contributed by atoms with van der Waals surface area (Å²) in [5, 5.41) is 4.41. The fourth-order valence-electron chi connectivity index (χ4n) is 2.33. The third-order valence-corrected chi connectivity index (χ3v) is 4.85. The predicted octanol–water partition coefficient (Wildman–Crippen LogP) is 2.81. The lowest BCUT2D eigenvalue weighted by molar-refractivity contribution is -0.147. The van der Waals surface area contributed by atoms with Gasteiger partial charge < -0.3 is 15.4 Å². The number of nitrogens with one attached hydrogen (secondary N) is 2. The number of amides is 2. The quantitative estimate of drug-likeness (QED) is 0.786. The summed E-state index contributed by atoms with van der Waals surface area (Å²) in [4.78, 5) is 36.6. The lowest BCUT2D eigenvalue weighted by Gasteiger charge is -2.23. The molecule has 8 heteroatoms. The number of fused-ring (bicyclic) bond motifs is 1. The van der Waals surface area contributed by atoms with Crippen molar-refractivity contribution in [1.29, 1.82) is 0 Å². The van der Waals surface area contributed by atoms with Crippen LogP contribution >= 0.6 is 11.8 Å². The van der Waals surface area contributed by atoms with Crippen LogP contribution in [0.4, 0.5) is 15.8 Å². The van der Waals surface area contributed by atoms with Crippen molar-refractivity contribution in [3.8, 4) is 0 Å². The molecule has 2 aromatic carbocycles. The third kappa shape index (κ3) is 4.40. The maximum absolute atomic E-state index is 13.5. The molecule has 1 atom stereocenters. The van der Waals surface area contributed by atoms with Crippen LogP contribution in [0.2, 0.25) is 0 Å². The second-order valence-corrected chi connectivity index (χ2v) is 6.73. The normalized spacial score (nSPS) is 15.6. The summed E-state index contributed by atoms with van der Waals surface area (Å²) in [5.74, 6) is -2.21. The van der Waals surface area contributed by atoms with Gasteiger partial charge in [-0.1, -0.05) is 24.3 Å². The number of halogens is 1. The molecule has 3 rings (SSSR count). The highest BCUT2D eigenvalue weighted by Gasteiger charge is 2.29. The van der Waals surface area contributed by atoms with Crippen LogP contribution < -0.4 is 10.6 Å². The fraction of sp³-hybridized carbons (Fsp3) is 0.167. The third-order valence-electron chi connectivity index (χ3n) is 3.57. The average Bonchev–Trinajstić information content (AvgIpc) is 2.62. The highest BCUT2D eigenvalue weighted by Crippen LogP contribution is 2.36. The minimum atomic E-state index is -0.680. The fourth-order valence-corrected chi connectivity index (χ4v) is 3.43. The lowest BCUT2D eigenvalue weighted by Crippen LogP contribution is -2.32. The Morgan fingerprint density at radius 2 is 1.88 bits per heavy atom. The molecule has 26 heavy (non-hydrogen) atoms. The molecule has 1 aliphatic rings. The van der Waals surface area contributed by atoms with Crippen molar-refractivity contribution in [3.63, 3.8) is 0 Å². The largest absolute Gasteiger partial charge is 0.456 e. The summed E-state index contributed by atoms with van der Waals surface area (Å²) in [5.41, 5.74) is 0.712. The number of carbonyl (C=O) groups excluding carboxylic acids is 3. The number of esters is 1. The van der Waals surface area contributed by atoms with E-state index in [0.717, 1.165) is 4.90 Å². The van der Waals surface area contributed by atoms with E-state index >= 15 is 0 Å². The van der Waals surface area contributed by atoms with E-state index in [2.05, 4.69) is 10.6 Å². The molecule has 1 heterocycles. The van der Waals surface area contributed by atoms with E-state index in [9.17, 15) is 18.8 Å². The van der Waals surface area contributed by atoms with Crippen molar-refractivity contribution in [3.05, 3.63) is 54.3 Å². The zero-order chi connectivity index (χ0) is 18.5. The molecule has 6 nitrogen and oxygen atoms in total. The first-order valence-corrected chi connectivity index (χ1v) is 8.67. The van der Waals surface area contributed by atoms with Crippen LogP contribution in [0, 0.1) is 5.82 Å². The molecule has 0 aliphatic carbocycles. The Morgan fingerprint density at radius 1 is 1.15 bits per heavy atom. The van der Waals surface area contributed by atoms with E-state index in [4.69, 9.17) is 4.74 Å². The van der Waals surface area contributed by atoms with Crippen molar-refractivity contribution in [2.75, 3.05) is 17.2 Å². The van der Waals surface area contributed by atoms with E-state index in [-0.39, 0.29) is 18.0 Å². The number of hydrogen-bond acceptors (Lipinski definition) is 5. The molecule has 2 aromatic rings. The molecule has 0 fully saturated rings. The minimum Gasteiger partial charge on any atom is -0.456 e. The Hall–Kier alpha value is -2.87. The predicted molar refractivity (Wildman–Crippen MR) is 95.3 cm³/mol. The maximum atomic E-state index is 13.5. The second-order valence-electron chi connectivity index (χ2n) is 5.48. The summed E-state index contributed by atoms with van der Waals surface area (Å²) in [6.07, 6.45) is -0.169. The number of ether oxygens (including phenoxy) is 1. The van der Waals surface area contributed by atoms with Gasteiger partial charge in [-0.2, -0.15) is 0 Å². The summed E-state index contributed by atoms with van der Waals surface area (Å²) in [6.45, 7) is -0.553. The zero-order valence-electron chi connectivity index (χ0n) is 13.5. The number of anilines is 2. The van der Waals surface area contributed by atoms with Crippen molar-refractivity contribution >= 4 is 40.9 Å². The molecule has 1 aliphatic heterocycles. The van der Waals surface area contributed by atoms with Crippen molar-refractivity contribution in [2.45, 2.75) is 16.6 Å². The molecule has 2 N–H and O–H groups in total. The Balaban J connectivity index is 1.49. The molecular formula is C18H15FN2O4S. The first-order chi connectivity index (χ1) is 12.5. The van der Waals surface area contributed by atoms with E-state index in [1.54, 1.807) is 12.1 Å². The lowest BCUT2D eigenvalue weighted by atomic mass is 10.2. The average molecular weight is 374 g/mol. The number of para-hydroxylation sites is 2. The van der Waals surface area contributed by atoms with Crippen LogP contribution in [0.5, 0.6) is 0 Å². The molecule has 0 saturated heterocycles. The Labute approximate surface area is 153 Å². The van der Waals surface area contributed by atoms with Crippen LogP contribution in [0.3, 0.4) is 0 Å². The highest BCUT2D eigenvalue weighted by molar-refractivity contribution is 8.01. The first-order valence-electron chi connectivity index (χ1n) is 7.79. The monoisotopic (exact) mass is 374 g/mol. The number of carbonyl (C=O) groups is 3. The second kappa shape index (κ2) is 8.01. The van der Waals surface area contributed by atoms with Crippen molar-refractivity contribution in [2.24, 2.45) is 0 Å².